The van der Waals surface area contributed by atoms with Gasteiger partial charge in [0.05, 0.1) is 6.61 Å². The van der Waals surface area contributed by atoms with Gasteiger partial charge in [0.2, 0.25) is 0 Å². The van der Waals surface area contributed by atoms with E-state index in [1.807, 2.05) is 0 Å². The molecule has 0 fully saturated rings. The molecule has 0 bridgehead atoms. The Bertz CT molecular complexity index is 138. The first-order valence-corrected chi connectivity index (χ1v) is 3.33. The molecule has 0 aromatic rings. The van der Waals surface area contributed by atoms with E-state index < -0.39 is 31.0 Å². The molecule has 0 radical (unpaired) electrons. The van der Waals surface area contributed by atoms with Gasteiger partial charge in [-0.25, -0.2) is 0 Å². The third-order valence-electron chi connectivity index (χ3n) is 1.42. The van der Waals surface area contributed by atoms with Crippen molar-refractivity contribution in [3.05, 3.63) is 0 Å². The first-order valence-electron chi connectivity index (χ1n) is 3.33. The Morgan fingerprint density at radius 3 is 1.92 bits per heavy atom. The summed E-state index contributed by atoms with van der Waals surface area (Å²) in [6, 6.07) is 0. The Kier molecular flexibility index (Phi) is 4.95. The van der Waals surface area contributed by atoms with E-state index in [9.17, 15) is 4.79 Å². The normalized spacial score (nSPS) is 21.1. The molecule has 4 atom stereocenters. The number of rotatable bonds is 5. The molecule has 72 valence electrons. The predicted molar refractivity (Wildman–Crippen MR) is 37.2 cm³/mol. The molecule has 0 aromatic carbocycles. The molecule has 12 heavy (non-hydrogen) atoms. The lowest BCUT2D eigenvalue weighted by Gasteiger charge is -2.22. The summed E-state index contributed by atoms with van der Waals surface area (Å²) in [5, 5.41) is 43.5. The summed E-state index contributed by atoms with van der Waals surface area (Å²) < 4.78 is 0. The van der Waals surface area contributed by atoms with Crippen LogP contribution in [-0.4, -0.2) is 62.8 Å². The zero-order valence-corrected chi connectivity index (χ0v) is 6.24. The van der Waals surface area contributed by atoms with E-state index in [-0.39, 0.29) is 6.29 Å². The number of aliphatic hydroxyl groups is 5. The average molecular weight is 181 g/mol. The zero-order valence-electron chi connectivity index (χ0n) is 6.24. The largest absolute Gasteiger partial charge is 0.394 e. The van der Waals surface area contributed by atoms with Crippen LogP contribution in [-0.2, 0) is 4.79 Å². The maximum absolute atomic E-state index is 9.90. The molecule has 0 unspecified atom stereocenters. The van der Waals surface area contributed by atoms with Crippen LogP contribution in [0, 0.1) is 0 Å². The van der Waals surface area contributed by atoms with Crippen molar-refractivity contribution in [2.24, 2.45) is 0 Å². The minimum atomic E-state index is -1.79. The number of carbonyl (C=O) groups is 1. The van der Waals surface area contributed by atoms with Crippen molar-refractivity contribution in [2.75, 3.05) is 6.61 Å². The van der Waals surface area contributed by atoms with Crippen LogP contribution in [0.4, 0.5) is 0 Å². The Labute approximate surface area is 68.7 Å². The Morgan fingerprint density at radius 2 is 1.58 bits per heavy atom. The molecular weight excluding hydrogens is 169 g/mol. The molecule has 0 aliphatic rings. The van der Waals surface area contributed by atoms with Crippen LogP contribution in [0.2, 0.25) is 0 Å². The number of aldehydes is 1. The number of carbonyl (C=O) groups excluding carboxylic acids is 1. The van der Waals surface area contributed by atoms with Gasteiger partial charge in [0.1, 0.15) is 24.4 Å². The lowest BCUT2D eigenvalue weighted by Crippen LogP contribution is -2.46. The third kappa shape index (κ3) is 2.84. The first-order chi connectivity index (χ1) is 5.54. The molecule has 0 aliphatic carbocycles. The maximum Gasteiger partial charge on any atom is 0.151 e. The second kappa shape index (κ2) is 5.18. The van der Waals surface area contributed by atoms with Gasteiger partial charge in [-0.2, -0.15) is 0 Å². The second-order valence-electron chi connectivity index (χ2n) is 2.36. The smallest absolute Gasteiger partial charge is 0.151 e. The summed E-state index contributed by atoms with van der Waals surface area (Å²) in [5.74, 6) is 0. The first kappa shape index (κ1) is 11.5. The molecule has 6 heteroatoms. The topological polar surface area (TPSA) is 118 Å². The molecule has 0 saturated heterocycles. The summed E-state index contributed by atoms with van der Waals surface area (Å²) in [6.07, 6.45) is -6.84. The van der Waals surface area contributed by atoms with Gasteiger partial charge in [-0.1, -0.05) is 0 Å². The van der Waals surface area contributed by atoms with Gasteiger partial charge in [-0.05, 0) is 0 Å². The van der Waals surface area contributed by atoms with Gasteiger partial charge in [-0.15, -0.1) is 0 Å². The third-order valence-corrected chi connectivity index (χ3v) is 1.42. The highest BCUT2D eigenvalue weighted by molar-refractivity contribution is 5.56. The van der Waals surface area contributed by atoms with E-state index in [2.05, 4.69) is 0 Å². The fourth-order valence-corrected chi connectivity index (χ4v) is 0.618. The van der Waals surface area contributed by atoms with Gasteiger partial charge in [0, 0.05) is 0 Å². The van der Waals surface area contributed by atoms with Crippen molar-refractivity contribution in [1.29, 1.82) is 0 Å². The fraction of sp³-hybridized carbons (Fsp3) is 0.833. The molecule has 0 saturated carbocycles. The highest BCUT2D eigenvalue weighted by atomic mass is 16.4. The molecular formula is C6H12O6. The van der Waals surface area contributed by atoms with E-state index >= 15 is 0 Å². The number of aliphatic hydroxyl groups excluding tert-OH is 5. The van der Waals surface area contributed by atoms with Crippen LogP contribution in [0.25, 0.3) is 0 Å². The van der Waals surface area contributed by atoms with Crippen molar-refractivity contribution in [2.45, 2.75) is 24.4 Å². The van der Waals surface area contributed by atoms with Gasteiger partial charge in [0.25, 0.3) is 0 Å². The highest BCUT2D eigenvalue weighted by Crippen LogP contribution is 2.02. The van der Waals surface area contributed by atoms with Gasteiger partial charge < -0.3 is 30.3 Å². The van der Waals surface area contributed by atoms with Crippen LogP contribution < -0.4 is 0 Å². The standard InChI is InChI=1S/C6H12O6/c7-1-3(9)5(11)6(12)4(10)2-8/h1,3-6,8-12H,2H2/t3-,4+,5+,6-/m0/s1/i4+1. The Hall–Kier alpha value is -0.530. The molecule has 6 nitrogen and oxygen atoms in total. The van der Waals surface area contributed by atoms with Crippen LogP contribution in [0.15, 0.2) is 0 Å². The summed E-state index contributed by atoms with van der Waals surface area (Å²) >= 11 is 0. The minimum absolute atomic E-state index is 0.0258. The Balaban J connectivity index is 4.07. The Morgan fingerprint density at radius 1 is 1.08 bits per heavy atom. The van der Waals surface area contributed by atoms with Gasteiger partial charge >= 0.3 is 0 Å². The van der Waals surface area contributed by atoms with Gasteiger partial charge in [-0.3, -0.25) is 0 Å². The van der Waals surface area contributed by atoms with Crippen molar-refractivity contribution >= 4 is 6.29 Å². The van der Waals surface area contributed by atoms with E-state index in [1.165, 1.54) is 0 Å². The van der Waals surface area contributed by atoms with Crippen molar-refractivity contribution in [1.82, 2.24) is 0 Å². The molecule has 0 spiro atoms. The summed E-state index contributed by atoms with van der Waals surface area (Å²) in [5.41, 5.74) is 0. The maximum atomic E-state index is 9.90. The average Bonchev–Trinajstić information content (AvgIpc) is 2.12. The molecule has 0 amide bonds. The molecule has 5 N–H and O–H groups in total. The van der Waals surface area contributed by atoms with Gasteiger partial charge in [0.15, 0.2) is 6.29 Å². The molecule has 0 rings (SSSR count). The number of hydrogen-bond donors (Lipinski definition) is 5. The highest BCUT2D eigenvalue weighted by Gasteiger charge is 2.29. The van der Waals surface area contributed by atoms with Crippen LogP contribution in [0.3, 0.4) is 0 Å². The summed E-state index contributed by atoms with van der Waals surface area (Å²) in [7, 11) is 0. The molecule has 0 aliphatic heterocycles. The summed E-state index contributed by atoms with van der Waals surface area (Å²) in [6.45, 7) is -0.760. The van der Waals surface area contributed by atoms with E-state index in [1.54, 1.807) is 0 Å². The fourth-order valence-electron chi connectivity index (χ4n) is 0.618. The van der Waals surface area contributed by atoms with Crippen molar-refractivity contribution in [3.63, 3.8) is 0 Å². The SMILES string of the molecule is O=C[C@H](O)[C@@H](O)[C@@H](O)[13C@H](O)CO. The van der Waals surface area contributed by atoms with Crippen LogP contribution in [0.1, 0.15) is 0 Å². The van der Waals surface area contributed by atoms with E-state index in [0.717, 1.165) is 0 Å². The van der Waals surface area contributed by atoms with Crippen molar-refractivity contribution in [3.8, 4) is 0 Å². The lowest BCUT2D eigenvalue weighted by atomic mass is 10.1. The van der Waals surface area contributed by atoms with E-state index in [0.29, 0.717) is 0 Å². The predicted octanol–water partition coefficient (Wildman–Crippen LogP) is -3.38. The second-order valence-corrected chi connectivity index (χ2v) is 2.36. The minimum Gasteiger partial charge on any atom is -0.394 e. The zero-order chi connectivity index (χ0) is 9.72. The van der Waals surface area contributed by atoms with Crippen LogP contribution in [0.5, 0.6) is 0 Å². The van der Waals surface area contributed by atoms with E-state index in [4.69, 9.17) is 25.5 Å². The van der Waals surface area contributed by atoms with Crippen molar-refractivity contribution < 1.29 is 30.3 Å². The quantitative estimate of drug-likeness (QED) is 0.223. The molecule has 0 aromatic heterocycles. The monoisotopic (exact) mass is 181 g/mol. The molecule has 0 heterocycles. The summed E-state index contributed by atoms with van der Waals surface area (Å²) in [4.78, 5) is 9.90. The van der Waals surface area contributed by atoms with Crippen LogP contribution >= 0.6 is 0 Å². The lowest BCUT2D eigenvalue weighted by molar-refractivity contribution is -0.136. The number of hydrogen-bond acceptors (Lipinski definition) is 6.